The first-order valence-corrected chi connectivity index (χ1v) is 4.52. The van der Waals surface area contributed by atoms with Crippen LogP contribution in [0, 0.1) is 11.3 Å². The van der Waals surface area contributed by atoms with Gasteiger partial charge in [0.1, 0.15) is 18.5 Å². The van der Waals surface area contributed by atoms with Gasteiger partial charge in [0.25, 0.3) is 0 Å². The molecule has 3 heteroatoms. The van der Waals surface area contributed by atoms with Crippen LogP contribution in [0.3, 0.4) is 0 Å². The maximum absolute atomic E-state index is 8.44. The molecule has 1 aromatic carbocycles. The second-order valence-electron chi connectivity index (χ2n) is 2.80. The van der Waals surface area contributed by atoms with Gasteiger partial charge < -0.3 is 9.47 Å². The fraction of sp³-hybridized carbons (Fsp3) is 0.364. The SMILES string of the molecule is CC(C#N)OCCOc1ccccc1. The van der Waals surface area contributed by atoms with E-state index >= 15 is 0 Å². The molecule has 0 fully saturated rings. The molecule has 1 aromatic rings. The zero-order valence-electron chi connectivity index (χ0n) is 8.14. The van der Waals surface area contributed by atoms with Gasteiger partial charge in [0.15, 0.2) is 0 Å². The number of ether oxygens (including phenoxy) is 2. The molecule has 0 heterocycles. The van der Waals surface area contributed by atoms with Crippen LogP contribution in [0.2, 0.25) is 0 Å². The molecule has 0 aromatic heterocycles. The third kappa shape index (κ3) is 3.92. The Kier molecular flexibility index (Phi) is 4.53. The van der Waals surface area contributed by atoms with Crippen molar-refractivity contribution in [1.82, 2.24) is 0 Å². The van der Waals surface area contributed by atoms with E-state index in [0.717, 1.165) is 5.75 Å². The van der Waals surface area contributed by atoms with Crippen molar-refractivity contribution in [3.05, 3.63) is 30.3 Å². The van der Waals surface area contributed by atoms with Crippen LogP contribution in [0.4, 0.5) is 0 Å². The fourth-order valence-electron chi connectivity index (χ4n) is 0.938. The number of nitriles is 1. The molecule has 1 unspecified atom stereocenters. The van der Waals surface area contributed by atoms with E-state index in [9.17, 15) is 0 Å². The standard InChI is InChI=1S/C11H13NO2/c1-10(9-12)13-7-8-14-11-5-3-2-4-6-11/h2-6,10H,7-8H2,1H3. The first-order chi connectivity index (χ1) is 6.83. The molecular weight excluding hydrogens is 178 g/mol. The van der Waals surface area contributed by atoms with Crippen molar-refractivity contribution >= 4 is 0 Å². The molecule has 0 aliphatic carbocycles. The Balaban J connectivity index is 2.14. The average Bonchev–Trinajstić information content (AvgIpc) is 2.25. The molecule has 0 N–H and O–H groups in total. The van der Waals surface area contributed by atoms with Crippen LogP contribution in [-0.4, -0.2) is 19.3 Å². The van der Waals surface area contributed by atoms with Crippen LogP contribution in [-0.2, 0) is 4.74 Å². The highest BCUT2D eigenvalue weighted by Gasteiger charge is 1.98. The fourth-order valence-corrected chi connectivity index (χ4v) is 0.938. The minimum Gasteiger partial charge on any atom is -0.491 e. The van der Waals surface area contributed by atoms with Crippen molar-refractivity contribution in [2.45, 2.75) is 13.0 Å². The molecule has 1 rings (SSSR count). The quantitative estimate of drug-likeness (QED) is 0.668. The van der Waals surface area contributed by atoms with Crippen LogP contribution >= 0.6 is 0 Å². The van der Waals surface area contributed by atoms with E-state index in [2.05, 4.69) is 0 Å². The number of hydrogen-bond donors (Lipinski definition) is 0. The van der Waals surface area contributed by atoms with E-state index in [0.29, 0.717) is 13.2 Å². The largest absolute Gasteiger partial charge is 0.491 e. The lowest BCUT2D eigenvalue weighted by Gasteiger charge is -2.07. The predicted molar refractivity (Wildman–Crippen MR) is 53.0 cm³/mol. The van der Waals surface area contributed by atoms with Gasteiger partial charge in [-0.05, 0) is 19.1 Å². The number of benzene rings is 1. The first-order valence-electron chi connectivity index (χ1n) is 4.52. The number of hydrogen-bond acceptors (Lipinski definition) is 3. The summed E-state index contributed by atoms with van der Waals surface area (Å²) in [6, 6.07) is 11.5. The van der Waals surface area contributed by atoms with Crippen molar-refractivity contribution in [3.8, 4) is 11.8 Å². The minimum absolute atomic E-state index is 0.366. The highest BCUT2D eigenvalue weighted by molar-refractivity contribution is 5.20. The van der Waals surface area contributed by atoms with Gasteiger partial charge in [0.05, 0.1) is 12.7 Å². The van der Waals surface area contributed by atoms with Crippen molar-refractivity contribution in [3.63, 3.8) is 0 Å². The molecule has 0 aliphatic heterocycles. The maximum Gasteiger partial charge on any atom is 0.141 e. The summed E-state index contributed by atoms with van der Waals surface area (Å²) in [4.78, 5) is 0. The summed E-state index contributed by atoms with van der Waals surface area (Å²) < 4.78 is 10.5. The summed E-state index contributed by atoms with van der Waals surface area (Å²) in [5.41, 5.74) is 0. The van der Waals surface area contributed by atoms with Gasteiger partial charge in [0.2, 0.25) is 0 Å². The Bertz CT molecular complexity index is 292. The van der Waals surface area contributed by atoms with Gasteiger partial charge in [-0.15, -0.1) is 0 Å². The number of para-hydroxylation sites is 1. The van der Waals surface area contributed by atoms with Crippen LogP contribution < -0.4 is 4.74 Å². The third-order valence-electron chi connectivity index (χ3n) is 1.64. The molecule has 3 nitrogen and oxygen atoms in total. The normalized spacial score (nSPS) is 11.7. The van der Waals surface area contributed by atoms with Crippen LogP contribution in [0.1, 0.15) is 6.92 Å². The zero-order chi connectivity index (χ0) is 10.2. The second kappa shape index (κ2) is 6.01. The van der Waals surface area contributed by atoms with Crippen LogP contribution in [0.25, 0.3) is 0 Å². The van der Waals surface area contributed by atoms with Gasteiger partial charge >= 0.3 is 0 Å². The van der Waals surface area contributed by atoms with E-state index in [1.807, 2.05) is 36.4 Å². The Labute approximate surface area is 83.9 Å². The monoisotopic (exact) mass is 191 g/mol. The Morgan fingerprint density at radius 2 is 2.00 bits per heavy atom. The zero-order valence-corrected chi connectivity index (χ0v) is 8.14. The molecule has 0 bridgehead atoms. The van der Waals surface area contributed by atoms with Crippen LogP contribution in [0.15, 0.2) is 30.3 Å². The summed E-state index contributed by atoms with van der Waals surface area (Å²) >= 11 is 0. The highest BCUT2D eigenvalue weighted by Crippen LogP contribution is 2.07. The summed E-state index contributed by atoms with van der Waals surface area (Å²) in [6.07, 6.45) is -0.366. The van der Waals surface area contributed by atoms with Gasteiger partial charge in [-0.1, -0.05) is 18.2 Å². The van der Waals surface area contributed by atoms with Crippen LogP contribution in [0.5, 0.6) is 5.75 Å². The summed E-state index contributed by atoms with van der Waals surface area (Å²) in [5.74, 6) is 0.820. The van der Waals surface area contributed by atoms with Gasteiger partial charge in [-0.3, -0.25) is 0 Å². The number of nitrogens with zero attached hydrogens (tertiary/aromatic N) is 1. The van der Waals surface area contributed by atoms with E-state index in [1.54, 1.807) is 6.92 Å². The predicted octanol–water partition coefficient (Wildman–Crippen LogP) is 1.99. The van der Waals surface area contributed by atoms with E-state index in [1.165, 1.54) is 0 Å². The second-order valence-corrected chi connectivity index (χ2v) is 2.80. The topological polar surface area (TPSA) is 42.2 Å². The average molecular weight is 191 g/mol. The molecule has 0 spiro atoms. The maximum atomic E-state index is 8.44. The number of rotatable bonds is 5. The van der Waals surface area contributed by atoms with Crippen molar-refractivity contribution in [2.75, 3.05) is 13.2 Å². The molecular formula is C11H13NO2. The third-order valence-corrected chi connectivity index (χ3v) is 1.64. The lowest BCUT2D eigenvalue weighted by atomic mass is 10.3. The summed E-state index contributed by atoms with van der Waals surface area (Å²) in [7, 11) is 0. The first kappa shape index (κ1) is 10.6. The Morgan fingerprint density at radius 3 is 2.64 bits per heavy atom. The molecule has 0 amide bonds. The molecule has 1 atom stereocenters. The Hall–Kier alpha value is -1.53. The molecule has 74 valence electrons. The van der Waals surface area contributed by atoms with Gasteiger partial charge in [0, 0.05) is 0 Å². The summed E-state index contributed by atoms with van der Waals surface area (Å²) in [6.45, 7) is 2.61. The molecule has 0 saturated carbocycles. The highest BCUT2D eigenvalue weighted by atomic mass is 16.5. The smallest absolute Gasteiger partial charge is 0.141 e. The summed E-state index contributed by atoms with van der Waals surface area (Å²) in [5, 5.41) is 8.44. The van der Waals surface area contributed by atoms with E-state index < -0.39 is 0 Å². The lowest BCUT2D eigenvalue weighted by molar-refractivity contribution is 0.0744. The van der Waals surface area contributed by atoms with Crippen molar-refractivity contribution < 1.29 is 9.47 Å². The Morgan fingerprint density at radius 1 is 1.29 bits per heavy atom. The van der Waals surface area contributed by atoms with E-state index in [4.69, 9.17) is 14.7 Å². The molecule has 0 saturated heterocycles. The lowest BCUT2D eigenvalue weighted by Crippen LogP contribution is -2.12. The minimum atomic E-state index is -0.366. The molecule has 14 heavy (non-hydrogen) atoms. The van der Waals surface area contributed by atoms with Crippen molar-refractivity contribution in [1.29, 1.82) is 5.26 Å². The molecule has 0 radical (unpaired) electrons. The van der Waals surface area contributed by atoms with E-state index in [-0.39, 0.29) is 6.10 Å². The van der Waals surface area contributed by atoms with Gasteiger partial charge in [-0.2, -0.15) is 5.26 Å². The molecule has 0 aliphatic rings. The van der Waals surface area contributed by atoms with Gasteiger partial charge in [-0.25, -0.2) is 0 Å². The van der Waals surface area contributed by atoms with Crippen molar-refractivity contribution in [2.24, 2.45) is 0 Å².